The van der Waals surface area contributed by atoms with Crippen LogP contribution in [0.25, 0.3) is 0 Å². The Hall–Kier alpha value is -1.89. The molecule has 0 saturated heterocycles. The summed E-state index contributed by atoms with van der Waals surface area (Å²) in [6.07, 6.45) is 1.89. The molecule has 19 heavy (non-hydrogen) atoms. The minimum absolute atomic E-state index is 0.153. The first-order chi connectivity index (χ1) is 9.25. The average Bonchev–Trinajstić information content (AvgIpc) is 2.78. The third kappa shape index (κ3) is 1.81. The molecule has 1 aliphatic rings. The maximum Gasteiger partial charge on any atom is 0.150 e. The van der Waals surface area contributed by atoms with Crippen LogP contribution in [-0.4, -0.2) is 5.78 Å². The molecule has 0 spiro atoms. The van der Waals surface area contributed by atoms with Gasteiger partial charge >= 0.3 is 0 Å². The van der Waals surface area contributed by atoms with Crippen LogP contribution in [0.1, 0.15) is 30.9 Å². The topological polar surface area (TPSA) is 17.1 Å². The lowest BCUT2D eigenvalue weighted by molar-refractivity contribution is -0.123. The second kappa shape index (κ2) is 4.65. The molecule has 0 amide bonds. The van der Waals surface area contributed by atoms with Crippen molar-refractivity contribution >= 4 is 5.78 Å². The number of ketones is 1. The highest BCUT2D eigenvalue weighted by molar-refractivity contribution is 5.97. The van der Waals surface area contributed by atoms with Gasteiger partial charge in [0, 0.05) is 5.92 Å². The Balaban J connectivity index is 2.21. The SMILES string of the molecule is C[C@H]1CCC(c2ccccc2)(c2ccccc2)C1=O. The van der Waals surface area contributed by atoms with E-state index in [1.54, 1.807) is 0 Å². The molecule has 0 radical (unpaired) electrons. The largest absolute Gasteiger partial charge is 0.298 e. The maximum atomic E-state index is 12.8. The van der Waals surface area contributed by atoms with E-state index in [-0.39, 0.29) is 5.92 Å². The smallest absolute Gasteiger partial charge is 0.150 e. The van der Waals surface area contributed by atoms with Gasteiger partial charge in [-0.15, -0.1) is 0 Å². The van der Waals surface area contributed by atoms with Gasteiger partial charge in [0.25, 0.3) is 0 Å². The van der Waals surface area contributed by atoms with E-state index < -0.39 is 5.41 Å². The minimum Gasteiger partial charge on any atom is -0.298 e. The second-order valence-corrected chi connectivity index (χ2v) is 5.44. The molecule has 0 N–H and O–H groups in total. The number of rotatable bonds is 2. The van der Waals surface area contributed by atoms with Gasteiger partial charge in [-0.05, 0) is 24.0 Å². The van der Waals surface area contributed by atoms with E-state index in [9.17, 15) is 4.79 Å². The third-order valence-corrected chi connectivity index (χ3v) is 4.35. The van der Waals surface area contributed by atoms with Crippen molar-refractivity contribution in [2.24, 2.45) is 5.92 Å². The quantitative estimate of drug-likeness (QED) is 0.788. The first-order valence-corrected chi connectivity index (χ1v) is 6.90. The van der Waals surface area contributed by atoms with Gasteiger partial charge in [0.15, 0.2) is 5.78 Å². The maximum absolute atomic E-state index is 12.8. The number of hydrogen-bond acceptors (Lipinski definition) is 1. The van der Waals surface area contributed by atoms with E-state index in [2.05, 4.69) is 31.2 Å². The van der Waals surface area contributed by atoms with Crippen molar-refractivity contribution in [3.05, 3.63) is 71.8 Å². The summed E-state index contributed by atoms with van der Waals surface area (Å²) in [5.74, 6) is 0.519. The first kappa shape index (κ1) is 12.2. The van der Waals surface area contributed by atoms with E-state index in [0.717, 1.165) is 24.0 Å². The van der Waals surface area contributed by atoms with Crippen LogP contribution in [0.15, 0.2) is 60.7 Å². The van der Waals surface area contributed by atoms with Crippen LogP contribution in [-0.2, 0) is 10.2 Å². The molecule has 0 heterocycles. The van der Waals surface area contributed by atoms with Crippen LogP contribution in [0.4, 0.5) is 0 Å². The number of hydrogen-bond donors (Lipinski definition) is 0. The zero-order chi connectivity index (χ0) is 13.3. The Labute approximate surface area is 114 Å². The molecular weight excluding hydrogens is 232 g/mol. The summed E-state index contributed by atoms with van der Waals surface area (Å²) >= 11 is 0. The lowest BCUT2D eigenvalue weighted by atomic mass is 9.72. The Morgan fingerprint density at radius 1 is 0.895 bits per heavy atom. The summed E-state index contributed by atoms with van der Waals surface area (Å²) in [5, 5.41) is 0. The summed E-state index contributed by atoms with van der Waals surface area (Å²) in [6, 6.07) is 20.5. The van der Waals surface area contributed by atoms with E-state index in [1.165, 1.54) is 0 Å². The third-order valence-electron chi connectivity index (χ3n) is 4.35. The Kier molecular flexibility index (Phi) is 2.98. The zero-order valence-corrected chi connectivity index (χ0v) is 11.2. The van der Waals surface area contributed by atoms with E-state index >= 15 is 0 Å². The summed E-state index contributed by atoms with van der Waals surface area (Å²) in [4.78, 5) is 12.8. The normalized spacial score (nSPS) is 21.5. The Morgan fingerprint density at radius 3 is 1.74 bits per heavy atom. The molecule has 1 atom stereocenters. The minimum atomic E-state index is -0.429. The van der Waals surface area contributed by atoms with Gasteiger partial charge in [-0.3, -0.25) is 4.79 Å². The fourth-order valence-corrected chi connectivity index (χ4v) is 3.29. The Bertz CT molecular complexity index is 532. The van der Waals surface area contributed by atoms with Gasteiger partial charge in [-0.2, -0.15) is 0 Å². The molecule has 0 bridgehead atoms. The Morgan fingerprint density at radius 2 is 1.37 bits per heavy atom. The molecule has 3 rings (SSSR count). The number of carbonyl (C=O) groups excluding carboxylic acids is 1. The summed E-state index contributed by atoms with van der Waals surface area (Å²) in [5.41, 5.74) is 1.84. The van der Waals surface area contributed by atoms with Crippen molar-refractivity contribution in [2.45, 2.75) is 25.2 Å². The van der Waals surface area contributed by atoms with E-state index in [4.69, 9.17) is 0 Å². The van der Waals surface area contributed by atoms with Crippen molar-refractivity contribution < 1.29 is 4.79 Å². The van der Waals surface area contributed by atoms with Crippen LogP contribution in [0.5, 0.6) is 0 Å². The summed E-state index contributed by atoms with van der Waals surface area (Å²) in [6.45, 7) is 2.05. The lowest BCUT2D eigenvalue weighted by Gasteiger charge is -2.29. The van der Waals surface area contributed by atoms with Crippen molar-refractivity contribution in [3.63, 3.8) is 0 Å². The zero-order valence-electron chi connectivity index (χ0n) is 11.2. The molecule has 1 aliphatic carbocycles. The molecule has 0 aromatic heterocycles. The van der Waals surface area contributed by atoms with Crippen LogP contribution in [0, 0.1) is 5.92 Å². The van der Waals surface area contributed by atoms with Crippen molar-refractivity contribution in [1.29, 1.82) is 0 Å². The predicted octanol–water partition coefficient (Wildman–Crippen LogP) is 3.97. The van der Waals surface area contributed by atoms with Crippen molar-refractivity contribution in [2.75, 3.05) is 0 Å². The molecule has 0 unspecified atom stereocenters. The molecule has 1 nitrogen and oxygen atoms in total. The highest BCUT2D eigenvalue weighted by Gasteiger charge is 2.48. The van der Waals surface area contributed by atoms with Gasteiger partial charge in [-0.25, -0.2) is 0 Å². The predicted molar refractivity (Wildman–Crippen MR) is 77.1 cm³/mol. The fraction of sp³-hybridized carbons (Fsp3) is 0.278. The molecule has 2 aromatic carbocycles. The van der Waals surface area contributed by atoms with Gasteiger partial charge in [0.1, 0.15) is 0 Å². The van der Waals surface area contributed by atoms with Crippen molar-refractivity contribution in [1.82, 2.24) is 0 Å². The van der Waals surface area contributed by atoms with E-state index in [0.29, 0.717) is 5.78 Å². The molecule has 2 aromatic rings. The van der Waals surface area contributed by atoms with Crippen LogP contribution in [0.3, 0.4) is 0 Å². The molecule has 1 saturated carbocycles. The lowest BCUT2D eigenvalue weighted by Crippen LogP contribution is -2.34. The van der Waals surface area contributed by atoms with Gasteiger partial charge in [-0.1, -0.05) is 67.6 Å². The average molecular weight is 250 g/mol. The van der Waals surface area contributed by atoms with Crippen LogP contribution >= 0.6 is 0 Å². The second-order valence-electron chi connectivity index (χ2n) is 5.44. The molecule has 1 heteroatoms. The van der Waals surface area contributed by atoms with Gasteiger partial charge in [0.2, 0.25) is 0 Å². The van der Waals surface area contributed by atoms with Gasteiger partial charge < -0.3 is 0 Å². The monoisotopic (exact) mass is 250 g/mol. The number of Topliss-reactive ketones (excluding diaryl/α,β-unsaturated/α-hetero) is 1. The van der Waals surface area contributed by atoms with E-state index in [1.807, 2.05) is 36.4 Å². The highest BCUT2D eigenvalue weighted by Crippen LogP contribution is 2.45. The van der Waals surface area contributed by atoms with Crippen molar-refractivity contribution in [3.8, 4) is 0 Å². The molecule has 1 fully saturated rings. The highest BCUT2D eigenvalue weighted by atomic mass is 16.1. The van der Waals surface area contributed by atoms with Gasteiger partial charge in [0.05, 0.1) is 5.41 Å². The first-order valence-electron chi connectivity index (χ1n) is 6.90. The number of carbonyl (C=O) groups is 1. The standard InChI is InChI=1S/C18H18O/c1-14-12-13-18(17(14)19,15-8-4-2-5-9-15)16-10-6-3-7-11-16/h2-11,14H,12-13H2,1H3/t14-/m0/s1. The molecular formula is C18H18O. The van der Waals surface area contributed by atoms with Crippen LogP contribution < -0.4 is 0 Å². The molecule has 96 valence electrons. The summed E-state index contributed by atoms with van der Waals surface area (Å²) < 4.78 is 0. The molecule has 0 aliphatic heterocycles. The fourth-order valence-electron chi connectivity index (χ4n) is 3.29. The summed E-state index contributed by atoms with van der Waals surface area (Å²) in [7, 11) is 0. The number of benzene rings is 2. The van der Waals surface area contributed by atoms with Crippen LogP contribution in [0.2, 0.25) is 0 Å².